The quantitative estimate of drug-likeness (QED) is 0.823. The third-order valence-electron chi connectivity index (χ3n) is 1.68. The Balaban J connectivity index is 2.95. The normalized spacial score (nSPS) is 10.1. The summed E-state index contributed by atoms with van der Waals surface area (Å²) in [5, 5.41) is 10.7. The molecular weight excluding hydrogens is 272 g/mol. The van der Waals surface area contributed by atoms with Crippen molar-refractivity contribution in [2.24, 2.45) is 0 Å². The molecule has 82 valence electrons. The second-order valence-electron chi connectivity index (χ2n) is 2.70. The molecule has 0 unspecified atom stereocenters. The second-order valence-corrected chi connectivity index (χ2v) is 3.56. The molecule has 0 aliphatic carbocycles. The number of aliphatic hydroxyl groups excluding tert-OH is 1. The lowest BCUT2D eigenvalue weighted by Crippen LogP contribution is -2.27. The van der Waals surface area contributed by atoms with E-state index >= 15 is 0 Å². The predicted molar refractivity (Wildman–Crippen MR) is 53.5 cm³/mol. The van der Waals surface area contributed by atoms with Gasteiger partial charge in [-0.15, -0.1) is 0 Å². The van der Waals surface area contributed by atoms with Gasteiger partial charge < -0.3 is 10.4 Å². The zero-order valence-electron chi connectivity index (χ0n) is 7.56. The number of rotatable bonds is 3. The molecule has 0 saturated heterocycles. The molecule has 15 heavy (non-hydrogen) atoms. The fourth-order valence-corrected chi connectivity index (χ4v) is 1.27. The summed E-state index contributed by atoms with van der Waals surface area (Å²) in [4.78, 5) is 11.2. The van der Waals surface area contributed by atoms with Gasteiger partial charge >= 0.3 is 0 Å². The van der Waals surface area contributed by atoms with Gasteiger partial charge in [0.25, 0.3) is 5.91 Å². The second kappa shape index (κ2) is 5.18. The Labute approximate surface area is 93.2 Å². The fourth-order valence-electron chi connectivity index (χ4n) is 0.966. The summed E-state index contributed by atoms with van der Waals surface area (Å²) in [5.74, 6) is -3.07. The summed E-state index contributed by atoms with van der Waals surface area (Å²) >= 11 is 2.80. The lowest BCUT2D eigenvalue weighted by atomic mass is 10.2. The van der Waals surface area contributed by atoms with Crippen LogP contribution in [0.4, 0.5) is 8.78 Å². The molecule has 0 spiro atoms. The van der Waals surface area contributed by atoms with Crippen LogP contribution in [0.15, 0.2) is 16.6 Å². The zero-order chi connectivity index (χ0) is 11.4. The Bertz CT molecular complexity index is 385. The van der Waals surface area contributed by atoms with Gasteiger partial charge in [-0.25, -0.2) is 8.78 Å². The van der Waals surface area contributed by atoms with Gasteiger partial charge in [0.15, 0.2) is 11.6 Å². The molecule has 0 saturated carbocycles. The molecule has 0 radical (unpaired) electrons. The maximum Gasteiger partial charge on any atom is 0.254 e. The van der Waals surface area contributed by atoms with Crippen molar-refractivity contribution in [2.45, 2.75) is 0 Å². The lowest BCUT2D eigenvalue weighted by molar-refractivity contribution is 0.0939. The first-order chi connectivity index (χ1) is 7.07. The van der Waals surface area contributed by atoms with Gasteiger partial charge in [-0.3, -0.25) is 4.79 Å². The Morgan fingerprint density at radius 2 is 2.07 bits per heavy atom. The van der Waals surface area contributed by atoms with Gasteiger partial charge in [0.2, 0.25) is 0 Å². The monoisotopic (exact) mass is 279 g/mol. The number of amides is 1. The van der Waals surface area contributed by atoms with Gasteiger partial charge in [0.1, 0.15) is 0 Å². The van der Waals surface area contributed by atoms with Crippen molar-refractivity contribution in [3.8, 4) is 0 Å². The molecule has 0 aliphatic heterocycles. The third kappa shape index (κ3) is 2.73. The van der Waals surface area contributed by atoms with Crippen LogP contribution in [0.3, 0.4) is 0 Å². The topological polar surface area (TPSA) is 49.3 Å². The number of hydrogen-bond donors (Lipinski definition) is 2. The van der Waals surface area contributed by atoms with Crippen LogP contribution in [0.25, 0.3) is 0 Å². The molecule has 1 rings (SSSR count). The molecular formula is C9H8BrF2NO2. The smallest absolute Gasteiger partial charge is 0.254 e. The highest BCUT2D eigenvalue weighted by Crippen LogP contribution is 2.20. The van der Waals surface area contributed by atoms with Gasteiger partial charge in [-0.1, -0.05) is 0 Å². The van der Waals surface area contributed by atoms with Crippen molar-refractivity contribution in [3.63, 3.8) is 0 Å². The van der Waals surface area contributed by atoms with E-state index in [1.807, 2.05) is 0 Å². The summed E-state index contributed by atoms with van der Waals surface area (Å²) in [6, 6.07) is 2.40. The van der Waals surface area contributed by atoms with E-state index in [-0.39, 0.29) is 23.2 Å². The third-order valence-corrected chi connectivity index (χ3v) is 2.29. The van der Waals surface area contributed by atoms with E-state index in [0.29, 0.717) is 0 Å². The SMILES string of the molecule is O=C(NCCO)c1ccc(Br)c(F)c1F. The van der Waals surface area contributed by atoms with Crippen LogP contribution >= 0.6 is 15.9 Å². The molecule has 2 N–H and O–H groups in total. The number of carbonyl (C=O) groups is 1. The first kappa shape index (κ1) is 12.1. The van der Waals surface area contributed by atoms with Gasteiger partial charge in [-0.05, 0) is 28.1 Å². The van der Waals surface area contributed by atoms with Crippen molar-refractivity contribution in [3.05, 3.63) is 33.8 Å². The van der Waals surface area contributed by atoms with Crippen LogP contribution in [-0.4, -0.2) is 24.2 Å². The lowest BCUT2D eigenvalue weighted by Gasteiger charge is -2.05. The molecule has 0 aromatic heterocycles. The summed E-state index contributed by atoms with van der Waals surface area (Å²) < 4.78 is 26.2. The van der Waals surface area contributed by atoms with Crippen molar-refractivity contribution in [1.82, 2.24) is 5.32 Å². The van der Waals surface area contributed by atoms with Crippen LogP contribution in [0, 0.1) is 11.6 Å². The number of hydrogen-bond acceptors (Lipinski definition) is 2. The summed E-state index contributed by atoms with van der Waals surface area (Å²) in [6.07, 6.45) is 0. The number of carbonyl (C=O) groups excluding carboxylic acids is 1. The van der Waals surface area contributed by atoms with Crippen molar-refractivity contribution < 1.29 is 18.7 Å². The first-order valence-corrected chi connectivity index (χ1v) is 4.89. The van der Waals surface area contributed by atoms with E-state index in [2.05, 4.69) is 21.2 Å². The molecule has 1 amide bonds. The summed E-state index contributed by atoms with van der Waals surface area (Å²) in [5.41, 5.74) is -0.385. The maximum absolute atomic E-state index is 13.2. The fraction of sp³-hybridized carbons (Fsp3) is 0.222. The Hall–Kier alpha value is -1.01. The minimum Gasteiger partial charge on any atom is -0.395 e. The van der Waals surface area contributed by atoms with E-state index in [4.69, 9.17) is 5.11 Å². The standard InChI is InChI=1S/C9H8BrF2NO2/c10-6-2-1-5(7(11)8(6)12)9(15)13-3-4-14/h1-2,14H,3-4H2,(H,13,15). The molecule has 1 aromatic carbocycles. The van der Waals surface area contributed by atoms with Crippen LogP contribution in [0.1, 0.15) is 10.4 Å². The first-order valence-electron chi connectivity index (χ1n) is 4.10. The van der Waals surface area contributed by atoms with Crippen molar-refractivity contribution in [2.75, 3.05) is 13.2 Å². The molecule has 1 aromatic rings. The zero-order valence-corrected chi connectivity index (χ0v) is 9.14. The number of nitrogens with one attached hydrogen (secondary N) is 1. The van der Waals surface area contributed by atoms with Crippen LogP contribution < -0.4 is 5.32 Å². The average Bonchev–Trinajstić information content (AvgIpc) is 2.23. The Kier molecular flexibility index (Phi) is 4.16. The van der Waals surface area contributed by atoms with Crippen LogP contribution in [-0.2, 0) is 0 Å². The van der Waals surface area contributed by atoms with Crippen molar-refractivity contribution in [1.29, 1.82) is 0 Å². The predicted octanol–water partition coefficient (Wildman–Crippen LogP) is 1.45. The molecule has 0 atom stereocenters. The molecule has 0 heterocycles. The van der Waals surface area contributed by atoms with Gasteiger partial charge in [0, 0.05) is 6.54 Å². The van der Waals surface area contributed by atoms with Crippen LogP contribution in [0.2, 0.25) is 0 Å². The van der Waals surface area contributed by atoms with Crippen LogP contribution in [0.5, 0.6) is 0 Å². The average molecular weight is 280 g/mol. The number of halogens is 3. The molecule has 3 nitrogen and oxygen atoms in total. The summed E-state index contributed by atoms with van der Waals surface area (Å²) in [7, 11) is 0. The minimum atomic E-state index is -1.21. The van der Waals surface area contributed by atoms with Gasteiger partial charge in [0.05, 0.1) is 16.6 Å². The largest absolute Gasteiger partial charge is 0.395 e. The molecule has 0 aliphatic rings. The van der Waals surface area contributed by atoms with E-state index < -0.39 is 17.5 Å². The van der Waals surface area contributed by atoms with Gasteiger partial charge in [-0.2, -0.15) is 0 Å². The maximum atomic E-state index is 13.2. The van der Waals surface area contributed by atoms with E-state index in [0.717, 1.165) is 6.07 Å². The minimum absolute atomic E-state index is 0.00401. The highest BCUT2D eigenvalue weighted by Gasteiger charge is 2.16. The van der Waals surface area contributed by atoms with E-state index in [9.17, 15) is 13.6 Å². The molecule has 0 fully saturated rings. The highest BCUT2D eigenvalue weighted by atomic mass is 79.9. The Morgan fingerprint density at radius 1 is 1.40 bits per heavy atom. The molecule has 6 heteroatoms. The summed E-state index contributed by atoms with van der Waals surface area (Å²) in [6.45, 7) is -0.262. The number of benzene rings is 1. The van der Waals surface area contributed by atoms with Crippen molar-refractivity contribution >= 4 is 21.8 Å². The Morgan fingerprint density at radius 3 is 2.67 bits per heavy atom. The van der Waals surface area contributed by atoms with E-state index in [1.54, 1.807) is 0 Å². The number of aliphatic hydroxyl groups is 1. The molecule has 0 bridgehead atoms. The highest BCUT2D eigenvalue weighted by molar-refractivity contribution is 9.10. The van der Waals surface area contributed by atoms with E-state index in [1.165, 1.54) is 6.07 Å².